The fourth-order valence-electron chi connectivity index (χ4n) is 3.52. The van der Waals surface area contributed by atoms with Gasteiger partial charge in [-0.1, -0.05) is 19.1 Å². The molecule has 4 heteroatoms. The first kappa shape index (κ1) is 18.5. The summed E-state index contributed by atoms with van der Waals surface area (Å²) in [7, 11) is 0. The van der Waals surface area contributed by atoms with Crippen molar-refractivity contribution >= 4 is 11.5 Å². The third-order valence-corrected chi connectivity index (χ3v) is 5.08. The zero-order valence-corrected chi connectivity index (χ0v) is 15.5. The molecule has 0 amide bonds. The molecule has 0 radical (unpaired) electrons. The normalized spacial score (nSPS) is 15.7. The van der Waals surface area contributed by atoms with Gasteiger partial charge in [0, 0.05) is 23.7 Å². The summed E-state index contributed by atoms with van der Waals surface area (Å²) in [5, 5.41) is 0. The number of likely N-dealkylation sites (tertiary alicyclic amines) is 1. The quantitative estimate of drug-likeness (QED) is 0.573. The molecule has 0 saturated carbocycles. The van der Waals surface area contributed by atoms with Gasteiger partial charge in [-0.3, -0.25) is 9.69 Å². The highest BCUT2D eigenvalue weighted by atomic mass is 16.5. The van der Waals surface area contributed by atoms with Crippen molar-refractivity contribution in [3.05, 3.63) is 59.7 Å². The molecule has 138 valence electrons. The van der Waals surface area contributed by atoms with E-state index in [1.807, 2.05) is 55.5 Å². The molecule has 2 aromatic rings. The van der Waals surface area contributed by atoms with E-state index in [1.54, 1.807) is 0 Å². The van der Waals surface area contributed by atoms with Crippen LogP contribution in [-0.2, 0) is 0 Å². The van der Waals surface area contributed by atoms with Crippen molar-refractivity contribution in [2.45, 2.75) is 32.1 Å². The molecule has 1 atom stereocenters. The van der Waals surface area contributed by atoms with Crippen LogP contribution in [0, 0.1) is 0 Å². The first-order valence-corrected chi connectivity index (χ1v) is 9.52. The molecule has 1 aliphatic rings. The Morgan fingerprint density at radius 2 is 1.73 bits per heavy atom. The van der Waals surface area contributed by atoms with E-state index in [2.05, 4.69) is 4.90 Å². The Bertz CT molecular complexity index is 704. The van der Waals surface area contributed by atoms with Crippen molar-refractivity contribution in [1.82, 2.24) is 4.90 Å². The molecule has 4 nitrogen and oxygen atoms in total. The molecular formula is C22H28N2O2. The van der Waals surface area contributed by atoms with Gasteiger partial charge in [-0.2, -0.15) is 0 Å². The van der Waals surface area contributed by atoms with Crippen LogP contribution in [-0.4, -0.2) is 36.9 Å². The molecule has 26 heavy (non-hydrogen) atoms. The standard InChI is InChI=1S/C22H28N2O2/c1-2-21(17-5-9-19(23)10-6-17)22(25)18-7-11-20(12-8-18)26-16-15-24-13-3-4-14-24/h5-12,21H,2-4,13-16,23H2,1H3. The summed E-state index contributed by atoms with van der Waals surface area (Å²) in [5.74, 6) is 0.819. The van der Waals surface area contributed by atoms with Crippen molar-refractivity contribution in [2.24, 2.45) is 0 Å². The number of nitrogens with two attached hydrogens (primary N) is 1. The first-order valence-electron chi connectivity index (χ1n) is 9.52. The lowest BCUT2D eigenvalue weighted by molar-refractivity contribution is 0.0957. The van der Waals surface area contributed by atoms with E-state index in [0.29, 0.717) is 12.3 Å². The van der Waals surface area contributed by atoms with Crippen molar-refractivity contribution in [2.75, 3.05) is 32.0 Å². The Kier molecular flexibility index (Phi) is 6.29. The zero-order chi connectivity index (χ0) is 18.4. The second-order valence-corrected chi connectivity index (χ2v) is 6.91. The summed E-state index contributed by atoms with van der Waals surface area (Å²) in [6.07, 6.45) is 3.35. The van der Waals surface area contributed by atoms with E-state index >= 15 is 0 Å². The number of anilines is 1. The average molecular weight is 352 g/mol. The largest absolute Gasteiger partial charge is 0.492 e. The number of hydrogen-bond acceptors (Lipinski definition) is 4. The summed E-state index contributed by atoms with van der Waals surface area (Å²) in [4.78, 5) is 15.3. The Labute approximate surface area is 156 Å². The van der Waals surface area contributed by atoms with Crippen LogP contribution in [0.4, 0.5) is 5.69 Å². The Morgan fingerprint density at radius 1 is 1.08 bits per heavy atom. The predicted molar refractivity (Wildman–Crippen MR) is 106 cm³/mol. The maximum Gasteiger partial charge on any atom is 0.170 e. The molecule has 0 aromatic heterocycles. The second-order valence-electron chi connectivity index (χ2n) is 6.91. The maximum absolute atomic E-state index is 12.9. The van der Waals surface area contributed by atoms with Gasteiger partial charge in [0.15, 0.2) is 5.78 Å². The summed E-state index contributed by atoms with van der Waals surface area (Å²) in [6.45, 7) is 6.06. The lowest BCUT2D eigenvalue weighted by Crippen LogP contribution is -2.25. The fraction of sp³-hybridized carbons (Fsp3) is 0.409. The van der Waals surface area contributed by atoms with Gasteiger partial charge in [0.1, 0.15) is 12.4 Å². The third-order valence-electron chi connectivity index (χ3n) is 5.08. The van der Waals surface area contributed by atoms with Gasteiger partial charge in [0.05, 0.1) is 0 Å². The first-order chi connectivity index (χ1) is 12.7. The minimum Gasteiger partial charge on any atom is -0.492 e. The fourth-order valence-corrected chi connectivity index (χ4v) is 3.52. The van der Waals surface area contributed by atoms with Crippen LogP contribution in [0.1, 0.15) is 48.0 Å². The number of ether oxygens (including phenoxy) is 1. The number of carbonyl (C=O) groups is 1. The second kappa shape index (κ2) is 8.86. The molecule has 2 aromatic carbocycles. The number of Topliss-reactive ketones (excluding diaryl/α,β-unsaturated/α-hetero) is 1. The number of nitrogens with zero attached hydrogens (tertiary/aromatic N) is 1. The summed E-state index contributed by atoms with van der Waals surface area (Å²) < 4.78 is 5.82. The van der Waals surface area contributed by atoms with E-state index in [4.69, 9.17) is 10.5 Å². The minimum absolute atomic E-state index is 0.140. The van der Waals surface area contributed by atoms with Crippen LogP contribution in [0.5, 0.6) is 5.75 Å². The lowest BCUT2D eigenvalue weighted by atomic mass is 9.88. The number of ketones is 1. The third kappa shape index (κ3) is 4.64. The number of hydrogen-bond donors (Lipinski definition) is 1. The number of rotatable bonds is 8. The highest BCUT2D eigenvalue weighted by Gasteiger charge is 2.20. The lowest BCUT2D eigenvalue weighted by Gasteiger charge is -2.16. The summed E-state index contributed by atoms with van der Waals surface area (Å²) in [6, 6.07) is 15.1. The molecule has 0 bridgehead atoms. The molecule has 1 fully saturated rings. The zero-order valence-electron chi connectivity index (χ0n) is 15.5. The molecule has 1 aliphatic heterocycles. The van der Waals surface area contributed by atoms with Gasteiger partial charge in [0.2, 0.25) is 0 Å². The van der Waals surface area contributed by atoms with E-state index in [-0.39, 0.29) is 11.7 Å². The van der Waals surface area contributed by atoms with E-state index in [9.17, 15) is 4.79 Å². The van der Waals surface area contributed by atoms with Crippen LogP contribution in [0.2, 0.25) is 0 Å². The van der Waals surface area contributed by atoms with Gasteiger partial charge >= 0.3 is 0 Å². The Morgan fingerprint density at radius 3 is 2.35 bits per heavy atom. The van der Waals surface area contributed by atoms with Gasteiger partial charge in [0.25, 0.3) is 0 Å². The highest BCUT2D eigenvalue weighted by Crippen LogP contribution is 2.26. The molecule has 2 N–H and O–H groups in total. The van der Waals surface area contributed by atoms with Crippen LogP contribution in [0.3, 0.4) is 0 Å². The van der Waals surface area contributed by atoms with Crippen LogP contribution < -0.4 is 10.5 Å². The topological polar surface area (TPSA) is 55.6 Å². The number of benzene rings is 2. The average Bonchev–Trinajstić information content (AvgIpc) is 3.18. The Hall–Kier alpha value is -2.33. The van der Waals surface area contributed by atoms with Crippen LogP contribution in [0.15, 0.2) is 48.5 Å². The summed E-state index contributed by atoms with van der Waals surface area (Å²) in [5.41, 5.74) is 8.20. The SMILES string of the molecule is CCC(C(=O)c1ccc(OCCN2CCCC2)cc1)c1ccc(N)cc1. The molecule has 1 unspecified atom stereocenters. The predicted octanol–water partition coefficient (Wildman–Crippen LogP) is 4.12. The van der Waals surface area contributed by atoms with E-state index in [0.717, 1.165) is 29.8 Å². The van der Waals surface area contributed by atoms with Gasteiger partial charge in [-0.25, -0.2) is 0 Å². The number of nitrogen functional groups attached to an aromatic ring is 1. The van der Waals surface area contributed by atoms with Gasteiger partial charge in [-0.15, -0.1) is 0 Å². The van der Waals surface area contributed by atoms with Crippen molar-refractivity contribution in [1.29, 1.82) is 0 Å². The Balaban J connectivity index is 1.59. The molecule has 0 spiro atoms. The van der Waals surface area contributed by atoms with Crippen molar-refractivity contribution in [3.63, 3.8) is 0 Å². The smallest absolute Gasteiger partial charge is 0.170 e. The molecule has 3 rings (SSSR count). The van der Waals surface area contributed by atoms with Gasteiger partial charge in [-0.05, 0) is 74.3 Å². The molecule has 1 heterocycles. The monoisotopic (exact) mass is 352 g/mol. The van der Waals surface area contributed by atoms with Gasteiger partial charge < -0.3 is 10.5 Å². The molecule has 1 saturated heterocycles. The van der Waals surface area contributed by atoms with Crippen LogP contribution in [0.25, 0.3) is 0 Å². The molecule has 0 aliphatic carbocycles. The van der Waals surface area contributed by atoms with Crippen molar-refractivity contribution < 1.29 is 9.53 Å². The highest BCUT2D eigenvalue weighted by molar-refractivity contribution is 6.01. The van der Waals surface area contributed by atoms with Crippen molar-refractivity contribution in [3.8, 4) is 5.75 Å². The van der Waals surface area contributed by atoms with E-state index in [1.165, 1.54) is 25.9 Å². The summed E-state index contributed by atoms with van der Waals surface area (Å²) >= 11 is 0. The van der Waals surface area contributed by atoms with E-state index < -0.39 is 0 Å². The number of carbonyl (C=O) groups excluding carboxylic acids is 1. The minimum atomic E-state index is -0.141. The van der Waals surface area contributed by atoms with Crippen LogP contribution >= 0.6 is 0 Å². The maximum atomic E-state index is 12.9. The molecular weight excluding hydrogens is 324 g/mol.